The van der Waals surface area contributed by atoms with Crippen LogP contribution in [0.3, 0.4) is 0 Å². The van der Waals surface area contributed by atoms with Crippen molar-refractivity contribution in [2.24, 2.45) is 0 Å². The van der Waals surface area contributed by atoms with Crippen molar-refractivity contribution in [3.05, 3.63) is 64.6 Å². The number of nitrogens with one attached hydrogen (secondary N) is 1. The maximum absolute atomic E-state index is 12.7. The molecule has 0 radical (unpaired) electrons. The Hall–Kier alpha value is -2.26. The first kappa shape index (κ1) is 21.4. The number of aromatic nitrogens is 1. The van der Waals surface area contributed by atoms with Gasteiger partial charge in [0.2, 0.25) is 10.0 Å². The minimum atomic E-state index is -3.69. The Balaban J connectivity index is 1.84. The van der Waals surface area contributed by atoms with E-state index in [1.165, 1.54) is 33.8 Å². The minimum absolute atomic E-state index is 0.0369. The van der Waals surface area contributed by atoms with E-state index in [2.05, 4.69) is 10.3 Å². The molecule has 1 aromatic heterocycles. The van der Waals surface area contributed by atoms with Gasteiger partial charge in [-0.25, -0.2) is 13.4 Å². The number of anilines is 1. The summed E-state index contributed by atoms with van der Waals surface area (Å²) in [6.45, 7) is 4.21. The largest absolute Gasteiger partial charge is 0.322 e. The summed E-state index contributed by atoms with van der Waals surface area (Å²) in [5, 5.41) is 5.72. The molecule has 1 heterocycles. The lowest BCUT2D eigenvalue weighted by molar-refractivity contribution is 0.102. The van der Waals surface area contributed by atoms with E-state index in [1.54, 1.807) is 32.2 Å². The number of hydrogen-bond donors (Lipinski definition) is 1. The molecule has 0 saturated carbocycles. The Morgan fingerprint density at radius 3 is 2.41 bits per heavy atom. The van der Waals surface area contributed by atoms with E-state index in [0.29, 0.717) is 18.8 Å². The molecule has 0 saturated heterocycles. The topological polar surface area (TPSA) is 79.4 Å². The summed E-state index contributed by atoms with van der Waals surface area (Å²) in [6, 6.07) is 11.4. The van der Waals surface area contributed by atoms with Gasteiger partial charge in [-0.15, -0.1) is 11.3 Å². The van der Waals surface area contributed by atoms with Crippen LogP contribution in [0.2, 0.25) is 5.02 Å². The number of thiazole rings is 1. The van der Waals surface area contributed by atoms with Crippen molar-refractivity contribution in [2.75, 3.05) is 18.4 Å². The van der Waals surface area contributed by atoms with E-state index in [9.17, 15) is 13.2 Å². The standard InChI is InChI=1S/C20H20ClN3O3S2/c1-3-24(4-2)29(26,27)16-9-10-18(21)17(13-16)19(25)23-15-7-5-14(6-8-15)20-22-11-12-28-20/h5-13H,3-4H2,1-2H3,(H,23,25). The van der Waals surface area contributed by atoms with Gasteiger partial charge in [0.25, 0.3) is 5.91 Å². The van der Waals surface area contributed by atoms with Crippen molar-refractivity contribution in [3.8, 4) is 10.6 Å². The molecule has 1 amide bonds. The first-order valence-corrected chi connectivity index (χ1v) is 11.7. The highest BCUT2D eigenvalue weighted by atomic mass is 35.5. The van der Waals surface area contributed by atoms with Crippen molar-refractivity contribution >= 4 is 44.6 Å². The molecule has 0 aliphatic heterocycles. The van der Waals surface area contributed by atoms with E-state index in [0.717, 1.165) is 10.6 Å². The average Bonchev–Trinajstić information content (AvgIpc) is 3.24. The molecule has 0 spiro atoms. The smallest absolute Gasteiger partial charge is 0.257 e. The molecule has 0 aliphatic rings. The molecule has 29 heavy (non-hydrogen) atoms. The van der Waals surface area contributed by atoms with Gasteiger partial charge in [0.05, 0.1) is 15.5 Å². The van der Waals surface area contributed by atoms with E-state index in [4.69, 9.17) is 11.6 Å². The van der Waals surface area contributed by atoms with Crippen LogP contribution in [0.1, 0.15) is 24.2 Å². The van der Waals surface area contributed by atoms with E-state index in [-0.39, 0.29) is 15.5 Å². The molecule has 0 aliphatic carbocycles. The quantitative estimate of drug-likeness (QED) is 0.564. The van der Waals surface area contributed by atoms with Gasteiger partial charge in [-0.05, 0) is 42.5 Å². The van der Waals surface area contributed by atoms with Crippen molar-refractivity contribution in [1.29, 1.82) is 0 Å². The van der Waals surface area contributed by atoms with Crippen LogP contribution in [0, 0.1) is 0 Å². The highest BCUT2D eigenvalue weighted by Crippen LogP contribution is 2.26. The fourth-order valence-corrected chi connectivity index (χ4v) is 5.14. The molecular formula is C20H20ClN3O3S2. The van der Waals surface area contributed by atoms with Gasteiger partial charge < -0.3 is 5.32 Å². The van der Waals surface area contributed by atoms with Gasteiger partial charge in [0, 0.05) is 35.9 Å². The van der Waals surface area contributed by atoms with E-state index in [1.807, 2.05) is 17.5 Å². The summed E-state index contributed by atoms with van der Waals surface area (Å²) >= 11 is 7.70. The lowest BCUT2D eigenvalue weighted by Crippen LogP contribution is -2.30. The first-order chi connectivity index (χ1) is 13.9. The van der Waals surface area contributed by atoms with Crippen LogP contribution in [-0.4, -0.2) is 36.7 Å². The average molecular weight is 450 g/mol. The van der Waals surface area contributed by atoms with Gasteiger partial charge in [-0.3, -0.25) is 4.79 Å². The highest BCUT2D eigenvalue weighted by Gasteiger charge is 2.24. The minimum Gasteiger partial charge on any atom is -0.322 e. The van der Waals surface area contributed by atoms with Crippen LogP contribution >= 0.6 is 22.9 Å². The molecule has 2 aromatic carbocycles. The third kappa shape index (κ3) is 4.67. The van der Waals surface area contributed by atoms with Gasteiger partial charge in [-0.1, -0.05) is 25.4 Å². The number of halogens is 1. The second-order valence-electron chi connectivity index (χ2n) is 6.10. The zero-order valence-electron chi connectivity index (χ0n) is 15.9. The van der Waals surface area contributed by atoms with Crippen LogP contribution in [0.5, 0.6) is 0 Å². The predicted octanol–water partition coefficient (Wildman–Crippen LogP) is 4.75. The van der Waals surface area contributed by atoms with Gasteiger partial charge in [-0.2, -0.15) is 4.31 Å². The summed E-state index contributed by atoms with van der Waals surface area (Å²) in [7, 11) is -3.69. The summed E-state index contributed by atoms with van der Waals surface area (Å²) < 4.78 is 26.8. The number of carbonyl (C=O) groups is 1. The molecule has 9 heteroatoms. The molecule has 1 N–H and O–H groups in total. The molecule has 3 rings (SSSR count). The molecule has 0 unspecified atom stereocenters. The maximum Gasteiger partial charge on any atom is 0.257 e. The SMILES string of the molecule is CCN(CC)S(=O)(=O)c1ccc(Cl)c(C(=O)Nc2ccc(-c3nccs3)cc2)c1. The number of hydrogen-bond acceptors (Lipinski definition) is 5. The van der Waals surface area contributed by atoms with Crippen LogP contribution < -0.4 is 5.32 Å². The van der Waals surface area contributed by atoms with Crippen molar-refractivity contribution < 1.29 is 13.2 Å². The number of carbonyl (C=O) groups excluding carboxylic acids is 1. The van der Waals surface area contributed by atoms with Crippen molar-refractivity contribution in [1.82, 2.24) is 9.29 Å². The second-order valence-corrected chi connectivity index (χ2v) is 9.34. The van der Waals surface area contributed by atoms with Gasteiger partial charge in [0.1, 0.15) is 5.01 Å². The van der Waals surface area contributed by atoms with Crippen LogP contribution in [0.15, 0.2) is 58.9 Å². The zero-order chi connectivity index (χ0) is 21.0. The Bertz CT molecular complexity index is 1090. The lowest BCUT2D eigenvalue weighted by atomic mass is 10.2. The molecule has 0 bridgehead atoms. The Morgan fingerprint density at radius 2 is 1.83 bits per heavy atom. The molecule has 3 aromatic rings. The number of amides is 1. The van der Waals surface area contributed by atoms with E-state index >= 15 is 0 Å². The van der Waals surface area contributed by atoms with Gasteiger partial charge in [0.15, 0.2) is 0 Å². The van der Waals surface area contributed by atoms with Crippen LogP contribution in [0.25, 0.3) is 10.6 Å². The number of nitrogens with zero attached hydrogens (tertiary/aromatic N) is 2. The monoisotopic (exact) mass is 449 g/mol. The maximum atomic E-state index is 12.7. The number of sulfonamides is 1. The number of rotatable bonds is 7. The summed E-state index contributed by atoms with van der Waals surface area (Å²) in [6.07, 6.45) is 1.73. The second kappa shape index (κ2) is 9.04. The highest BCUT2D eigenvalue weighted by molar-refractivity contribution is 7.89. The number of benzene rings is 2. The first-order valence-electron chi connectivity index (χ1n) is 8.97. The normalized spacial score (nSPS) is 11.6. The van der Waals surface area contributed by atoms with Crippen molar-refractivity contribution in [2.45, 2.75) is 18.7 Å². The fourth-order valence-electron chi connectivity index (χ4n) is 2.81. The lowest BCUT2D eigenvalue weighted by Gasteiger charge is -2.19. The predicted molar refractivity (Wildman–Crippen MR) is 117 cm³/mol. The third-order valence-electron chi connectivity index (χ3n) is 4.35. The summed E-state index contributed by atoms with van der Waals surface area (Å²) in [5.74, 6) is -0.478. The summed E-state index contributed by atoms with van der Waals surface area (Å²) in [4.78, 5) is 17.0. The Morgan fingerprint density at radius 1 is 1.14 bits per heavy atom. The van der Waals surface area contributed by atoms with E-state index < -0.39 is 15.9 Å². The molecule has 6 nitrogen and oxygen atoms in total. The third-order valence-corrected chi connectivity index (χ3v) is 7.55. The molecule has 0 atom stereocenters. The summed E-state index contributed by atoms with van der Waals surface area (Å²) in [5.41, 5.74) is 1.62. The fraction of sp³-hybridized carbons (Fsp3) is 0.200. The van der Waals surface area contributed by atoms with Crippen molar-refractivity contribution in [3.63, 3.8) is 0 Å². The Kier molecular flexibility index (Phi) is 6.69. The molecule has 152 valence electrons. The van der Waals surface area contributed by atoms with Gasteiger partial charge >= 0.3 is 0 Å². The van der Waals surface area contributed by atoms with Crippen LogP contribution in [-0.2, 0) is 10.0 Å². The molecular weight excluding hydrogens is 430 g/mol. The Labute approximate surface area is 179 Å². The van der Waals surface area contributed by atoms with Crippen LogP contribution in [0.4, 0.5) is 5.69 Å². The molecule has 0 fully saturated rings. The zero-order valence-corrected chi connectivity index (χ0v) is 18.3.